The van der Waals surface area contributed by atoms with Crippen LogP contribution in [0.25, 0.3) is 6.08 Å². The van der Waals surface area contributed by atoms with Crippen molar-refractivity contribution in [3.05, 3.63) is 102 Å². The van der Waals surface area contributed by atoms with Gasteiger partial charge in [0.05, 0.1) is 13.2 Å². The molecule has 0 fully saturated rings. The molecular formula is C42H44N4O9. The third kappa shape index (κ3) is 19.9. The van der Waals surface area contributed by atoms with Gasteiger partial charge in [0.25, 0.3) is 0 Å². The van der Waals surface area contributed by atoms with E-state index in [0.29, 0.717) is 68.3 Å². The fourth-order valence-electron chi connectivity index (χ4n) is 4.33. The summed E-state index contributed by atoms with van der Waals surface area (Å²) in [5.41, 5.74) is 24.9. The van der Waals surface area contributed by atoms with Crippen molar-refractivity contribution in [2.45, 2.75) is 45.4 Å². The summed E-state index contributed by atoms with van der Waals surface area (Å²) in [7, 11) is 0. The second kappa shape index (κ2) is 26.6. The first-order valence-corrected chi connectivity index (χ1v) is 16.7. The third-order valence-electron chi connectivity index (χ3n) is 6.74. The van der Waals surface area contributed by atoms with Gasteiger partial charge in [-0.1, -0.05) is 49.1 Å². The van der Waals surface area contributed by atoms with Crippen molar-refractivity contribution in [2.75, 3.05) is 19.8 Å². The molecule has 3 aromatic rings. The minimum absolute atomic E-state index is 0.138. The van der Waals surface area contributed by atoms with Gasteiger partial charge in [0.1, 0.15) is 59.8 Å². The molecule has 13 nitrogen and oxygen atoms in total. The van der Waals surface area contributed by atoms with Gasteiger partial charge < -0.3 is 46.6 Å². The number of carbonyl (C=O) groups is 2. The number of benzene rings is 3. The largest absolute Gasteiger partial charge is 0.466 e. The highest BCUT2D eigenvalue weighted by atomic mass is 17.2. The Labute approximate surface area is 321 Å². The Kier molecular flexibility index (Phi) is 21.3. The average Bonchev–Trinajstić information content (AvgIpc) is 3.19. The molecule has 0 aliphatic heterocycles. The second-order valence-corrected chi connectivity index (χ2v) is 11.3. The number of aryl methyl sites for hydroxylation is 2. The second-order valence-electron chi connectivity index (χ2n) is 11.3. The highest BCUT2D eigenvalue weighted by Crippen LogP contribution is 2.25. The van der Waals surface area contributed by atoms with Crippen LogP contribution >= 0.6 is 0 Å². The lowest BCUT2D eigenvalue weighted by Gasteiger charge is -2.08. The zero-order valence-electron chi connectivity index (χ0n) is 30.6. The molecule has 3 aromatic carbocycles. The van der Waals surface area contributed by atoms with E-state index in [0.717, 1.165) is 27.8 Å². The molecule has 0 radical (unpaired) electrons. The molecule has 0 aromatic heterocycles. The van der Waals surface area contributed by atoms with E-state index in [1.165, 1.54) is 0 Å². The molecule has 0 atom stereocenters. The molecule has 0 unspecified atom stereocenters. The van der Waals surface area contributed by atoms with Crippen LogP contribution in [0.4, 0.5) is 0 Å². The molecule has 0 saturated carbocycles. The van der Waals surface area contributed by atoms with E-state index in [2.05, 4.69) is 61.8 Å². The van der Waals surface area contributed by atoms with Crippen LogP contribution in [0.5, 0.6) is 23.0 Å². The van der Waals surface area contributed by atoms with E-state index in [1.807, 2.05) is 31.2 Å². The molecule has 0 aliphatic carbocycles. The Morgan fingerprint density at radius 2 is 1.13 bits per heavy atom. The van der Waals surface area contributed by atoms with Crippen molar-refractivity contribution in [2.24, 2.45) is 22.9 Å². The molecule has 13 heteroatoms. The number of Topliss-reactive ketones (excluding diaryl/α,β-unsaturated/α-hetero) is 1. The summed E-state index contributed by atoms with van der Waals surface area (Å²) >= 11 is 0. The average molecular weight is 749 g/mol. The van der Waals surface area contributed by atoms with Gasteiger partial charge in [-0.2, -0.15) is 0 Å². The first-order valence-electron chi connectivity index (χ1n) is 16.7. The van der Waals surface area contributed by atoms with Crippen LogP contribution in [0.15, 0.2) is 79.4 Å². The van der Waals surface area contributed by atoms with E-state index in [1.54, 1.807) is 42.5 Å². The van der Waals surface area contributed by atoms with Crippen molar-refractivity contribution >= 4 is 17.8 Å². The van der Waals surface area contributed by atoms with Crippen molar-refractivity contribution in [3.63, 3.8) is 0 Å². The summed E-state index contributed by atoms with van der Waals surface area (Å²) in [6, 6.07) is 26.5. The highest BCUT2D eigenvalue weighted by Gasteiger charge is 2.10. The van der Waals surface area contributed by atoms with Gasteiger partial charge in [-0.3, -0.25) is 9.59 Å². The number of hydrogen-bond acceptors (Lipinski definition) is 13. The van der Waals surface area contributed by atoms with Crippen molar-refractivity contribution in [1.29, 1.82) is 0 Å². The maximum absolute atomic E-state index is 12.3. The molecule has 55 heavy (non-hydrogen) atoms. The van der Waals surface area contributed by atoms with Crippen molar-refractivity contribution < 1.29 is 43.0 Å². The van der Waals surface area contributed by atoms with Crippen molar-refractivity contribution in [1.82, 2.24) is 0 Å². The van der Waals surface area contributed by atoms with Crippen LogP contribution in [-0.4, -0.2) is 31.6 Å². The Balaban J connectivity index is 0.000000380. The van der Waals surface area contributed by atoms with Crippen LogP contribution in [0.3, 0.4) is 0 Å². The summed E-state index contributed by atoms with van der Waals surface area (Å²) < 4.78 is 25.9. The highest BCUT2D eigenvalue weighted by molar-refractivity contribution is 5.81. The lowest BCUT2D eigenvalue weighted by atomic mass is 10.0. The molecule has 0 spiro atoms. The molecular weight excluding hydrogens is 704 g/mol. The van der Waals surface area contributed by atoms with Gasteiger partial charge in [-0.15, -0.1) is 0 Å². The Hall–Kier alpha value is -7.16. The number of hydrogen-bond donors (Lipinski definition) is 4. The van der Waals surface area contributed by atoms with E-state index in [9.17, 15) is 9.59 Å². The fraction of sp³-hybridized carbons (Fsp3) is 0.238. The molecule has 8 N–H and O–H groups in total. The number of ether oxygens (including phenoxy) is 5. The first kappa shape index (κ1) is 44.0. The predicted octanol–water partition coefficient (Wildman–Crippen LogP) is 4.17. The summed E-state index contributed by atoms with van der Waals surface area (Å²) in [6.45, 7) is 10.1. The summed E-state index contributed by atoms with van der Waals surface area (Å²) in [4.78, 5) is 34.0. The number of nitrogens with two attached hydrogens (primary N) is 4. The normalized spacial score (nSPS) is 9.25. The standard InChI is InChI=1S/C22H20N2O3.C20H24N2O6/c1-2-17-3-5-18(6-4-17)13-20(25)8-7-19-14-21(26-11-9-23)16-22(15-19)27-12-10-24;1-16(2)15-28-27-9-3-8-26-20(23)5-4-17-12-18(24-10-6-21)14-19(13-17)25-11-7-22/h2-6,14-16H,1,7-8,13,23-24H2;12-14H,1,3-5,8-9,15,21-22H2,2H3. The lowest BCUT2D eigenvalue weighted by molar-refractivity contribution is -0.288. The van der Waals surface area contributed by atoms with Crippen LogP contribution in [-0.2, 0) is 43.4 Å². The van der Waals surface area contributed by atoms with Crippen LogP contribution in [0, 0.1) is 48.6 Å². The van der Waals surface area contributed by atoms with E-state index in [4.69, 9.17) is 56.4 Å². The maximum atomic E-state index is 12.3. The number of rotatable bonds is 20. The number of esters is 1. The van der Waals surface area contributed by atoms with Crippen molar-refractivity contribution in [3.8, 4) is 71.6 Å². The van der Waals surface area contributed by atoms with Crippen LogP contribution in [0.2, 0.25) is 0 Å². The zero-order chi connectivity index (χ0) is 40.1. The molecule has 3 rings (SSSR count). The number of ketones is 1. The number of carbonyl (C=O) groups excluding carboxylic acids is 2. The minimum atomic E-state index is -0.333. The summed E-state index contributed by atoms with van der Waals surface area (Å²) in [5, 5.41) is 0. The SMILES string of the molecule is C=C(C)COOCCCOC(=O)CCc1cc(OC#CN)cc(OC#CN)c1.C=Cc1ccc(CC(=O)CCc2cc(OC#CN)cc(OC#CN)c2)cc1. The van der Waals surface area contributed by atoms with E-state index in [-0.39, 0.29) is 24.8 Å². The van der Waals surface area contributed by atoms with Gasteiger partial charge >= 0.3 is 5.97 Å². The summed E-state index contributed by atoms with van der Waals surface area (Å²) in [6.07, 6.45) is 13.4. The molecule has 0 heterocycles. The van der Waals surface area contributed by atoms with E-state index >= 15 is 0 Å². The van der Waals surface area contributed by atoms with Crippen LogP contribution in [0.1, 0.15) is 48.4 Å². The summed E-state index contributed by atoms with van der Waals surface area (Å²) in [5.74, 6) is 1.52. The molecule has 0 aliphatic rings. The third-order valence-corrected chi connectivity index (χ3v) is 6.74. The van der Waals surface area contributed by atoms with Gasteiger partial charge in [0.15, 0.2) is 0 Å². The molecule has 0 bridgehead atoms. The van der Waals surface area contributed by atoms with Gasteiger partial charge in [-0.05, 0) is 66.3 Å². The molecule has 0 saturated heterocycles. The molecule has 286 valence electrons. The minimum Gasteiger partial charge on any atom is -0.466 e. The van der Waals surface area contributed by atoms with Gasteiger partial charge in [-0.25, -0.2) is 9.78 Å². The Morgan fingerprint density at radius 3 is 1.56 bits per heavy atom. The molecule has 0 amide bonds. The monoisotopic (exact) mass is 748 g/mol. The van der Waals surface area contributed by atoms with Crippen LogP contribution < -0.4 is 41.9 Å². The first-order chi connectivity index (χ1) is 26.7. The quantitative estimate of drug-likeness (QED) is 0.0244. The smallest absolute Gasteiger partial charge is 0.306 e. The zero-order valence-corrected chi connectivity index (χ0v) is 30.6. The van der Waals surface area contributed by atoms with E-state index < -0.39 is 0 Å². The predicted molar refractivity (Wildman–Crippen MR) is 207 cm³/mol. The maximum Gasteiger partial charge on any atom is 0.306 e. The Morgan fingerprint density at radius 1 is 0.655 bits per heavy atom. The lowest BCUT2D eigenvalue weighted by Crippen LogP contribution is -2.09. The Bertz CT molecular complexity index is 1900. The van der Waals surface area contributed by atoms with Gasteiger partial charge in [0.2, 0.25) is 0 Å². The topological polar surface area (TPSA) is 203 Å². The fourth-order valence-corrected chi connectivity index (χ4v) is 4.33. The van der Waals surface area contributed by atoms with Gasteiger partial charge in [0, 0.05) is 62.0 Å².